The molecule has 0 atom stereocenters. The van der Waals surface area contributed by atoms with Gasteiger partial charge in [-0.25, -0.2) is 4.79 Å². The van der Waals surface area contributed by atoms with Crippen LogP contribution in [0.15, 0.2) is 52.9 Å². The summed E-state index contributed by atoms with van der Waals surface area (Å²) in [6.07, 6.45) is 0. The second-order valence-electron chi connectivity index (χ2n) is 5.18. The summed E-state index contributed by atoms with van der Waals surface area (Å²) < 4.78 is 10.3. The molecule has 0 fully saturated rings. The van der Waals surface area contributed by atoms with Gasteiger partial charge in [0.05, 0.1) is 10.5 Å². The van der Waals surface area contributed by atoms with Gasteiger partial charge in [-0.15, -0.1) is 0 Å². The Kier molecular flexibility index (Phi) is 4.17. The zero-order valence-electron chi connectivity index (χ0n) is 12.8. The number of furan rings is 1. The van der Waals surface area contributed by atoms with Crippen molar-refractivity contribution in [2.24, 2.45) is 0 Å². The van der Waals surface area contributed by atoms with Gasteiger partial charge in [0.15, 0.2) is 12.4 Å². The third-order valence-electron chi connectivity index (χ3n) is 3.50. The molecule has 0 aliphatic rings. The third-order valence-corrected chi connectivity index (χ3v) is 3.50. The number of esters is 1. The minimum atomic E-state index is -0.868. The number of nitrogens with two attached hydrogens (primary N) is 1. The molecular formula is C17H12N2O6. The monoisotopic (exact) mass is 340 g/mol. The number of hydrogen-bond acceptors (Lipinski definition) is 7. The highest BCUT2D eigenvalue weighted by Crippen LogP contribution is 2.23. The third kappa shape index (κ3) is 3.32. The summed E-state index contributed by atoms with van der Waals surface area (Å²) in [5.74, 6) is -1.32. The fourth-order valence-electron chi connectivity index (χ4n) is 2.23. The number of hydrogen-bond donors (Lipinski definition) is 1. The molecule has 0 amide bonds. The number of para-hydroxylation sites is 1. The summed E-state index contributed by atoms with van der Waals surface area (Å²) >= 11 is 0. The number of nitrogen functional groups attached to an aromatic ring is 1. The van der Waals surface area contributed by atoms with Crippen molar-refractivity contribution in [1.82, 2.24) is 0 Å². The molecule has 1 aromatic heterocycles. The number of ether oxygens (including phenoxy) is 1. The van der Waals surface area contributed by atoms with Gasteiger partial charge >= 0.3 is 5.97 Å². The number of ketones is 1. The van der Waals surface area contributed by atoms with Gasteiger partial charge in [0.2, 0.25) is 5.78 Å². The Hall–Kier alpha value is -3.68. The second-order valence-corrected chi connectivity index (χ2v) is 5.18. The SMILES string of the molecule is Nc1ccc(C(=O)OCC(=O)c2cc3ccccc3o2)cc1[N+](=O)[O-]. The fourth-order valence-corrected chi connectivity index (χ4v) is 2.23. The second kappa shape index (κ2) is 6.44. The van der Waals surface area contributed by atoms with E-state index in [0.29, 0.717) is 5.58 Å². The van der Waals surface area contributed by atoms with Crippen molar-refractivity contribution in [2.75, 3.05) is 12.3 Å². The molecule has 1 heterocycles. The smallest absolute Gasteiger partial charge is 0.338 e. The minimum Gasteiger partial charge on any atom is -0.454 e. The molecule has 0 saturated carbocycles. The topological polar surface area (TPSA) is 126 Å². The zero-order chi connectivity index (χ0) is 18.0. The number of rotatable bonds is 5. The highest BCUT2D eigenvalue weighted by atomic mass is 16.6. The molecule has 0 radical (unpaired) electrons. The normalized spacial score (nSPS) is 10.6. The number of Topliss-reactive ketones (excluding diaryl/α,β-unsaturated/α-hetero) is 1. The lowest BCUT2D eigenvalue weighted by Crippen LogP contribution is -2.14. The van der Waals surface area contributed by atoms with Crippen LogP contribution in [0, 0.1) is 10.1 Å². The highest BCUT2D eigenvalue weighted by Gasteiger charge is 2.19. The average molecular weight is 340 g/mol. The molecule has 0 saturated heterocycles. The van der Waals surface area contributed by atoms with Crippen LogP contribution in [0.25, 0.3) is 11.0 Å². The van der Waals surface area contributed by atoms with Gasteiger partial charge in [0, 0.05) is 11.5 Å². The lowest BCUT2D eigenvalue weighted by atomic mass is 10.2. The first-order valence-electron chi connectivity index (χ1n) is 7.18. The first-order valence-corrected chi connectivity index (χ1v) is 7.18. The Labute approximate surface area is 140 Å². The van der Waals surface area contributed by atoms with Gasteiger partial charge in [-0.05, 0) is 24.3 Å². The number of fused-ring (bicyclic) bond motifs is 1. The van der Waals surface area contributed by atoms with Crippen molar-refractivity contribution >= 4 is 34.1 Å². The Balaban J connectivity index is 1.70. The summed E-state index contributed by atoms with van der Waals surface area (Å²) in [4.78, 5) is 34.2. The molecule has 8 nitrogen and oxygen atoms in total. The van der Waals surface area contributed by atoms with Crippen LogP contribution in [0.4, 0.5) is 11.4 Å². The highest BCUT2D eigenvalue weighted by molar-refractivity contribution is 6.00. The number of nitro groups is 1. The molecule has 2 aromatic carbocycles. The van der Waals surface area contributed by atoms with E-state index in [0.717, 1.165) is 11.5 Å². The first-order chi connectivity index (χ1) is 12.0. The van der Waals surface area contributed by atoms with Crippen molar-refractivity contribution in [2.45, 2.75) is 0 Å². The van der Waals surface area contributed by atoms with Crippen LogP contribution in [0.3, 0.4) is 0 Å². The van der Waals surface area contributed by atoms with Gasteiger partial charge in [-0.1, -0.05) is 18.2 Å². The van der Waals surface area contributed by atoms with E-state index in [1.165, 1.54) is 12.1 Å². The van der Waals surface area contributed by atoms with Crippen LogP contribution in [-0.4, -0.2) is 23.3 Å². The fraction of sp³-hybridized carbons (Fsp3) is 0.0588. The maximum absolute atomic E-state index is 12.1. The standard InChI is InChI=1S/C17H12N2O6/c18-12-6-5-11(7-13(12)19(22)23)17(21)24-9-14(20)16-8-10-3-1-2-4-15(10)25-16/h1-8H,9,18H2. The molecule has 0 aliphatic carbocycles. The number of nitro benzene ring substituents is 1. The summed E-state index contributed by atoms with van der Waals surface area (Å²) in [6, 6.07) is 12.2. The quantitative estimate of drug-likeness (QED) is 0.249. The maximum Gasteiger partial charge on any atom is 0.338 e. The van der Waals surface area contributed by atoms with E-state index in [1.54, 1.807) is 30.3 Å². The average Bonchev–Trinajstić information content (AvgIpc) is 3.03. The Bertz CT molecular complexity index is 959. The number of carbonyl (C=O) groups excluding carboxylic acids is 2. The minimum absolute atomic E-state index is 0.0669. The van der Waals surface area contributed by atoms with Crippen LogP contribution in [0.5, 0.6) is 0 Å². The van der Waals surface area contributed by atoms with Crippen LogP contribution in [-0.2, 0) is 4.74 Å². The summed E-state index contributed by atoms with van der Waals surface area (Å²) in [6.45, 7) is -0.545. The molecule has 0 unspecified atom stereocenters. The van der Waals surface area contributed by atoms with Gasteiger partial charge in [-0.2, -0.15) is 0 Å². The number of carbonyl (C=O) groups is 2. The van der Waals surface area contributed by atoms with E-state index in [4.69, 9.17) is 14.9 Å². The molecule has 126 valence electrons. The zero-order valence-corrected chi connectivity index (χ0v) is 12.8. The Morgan fingerprint density at radius 2 is 1.92 bits per heavy atom. The van der Waals surface area contributed by atoms with Crippen LogP contribution in [0.2, 0.25) is 0 Å². The van der Waals surface area contributed by atoms with Crippen molar-refractivity contribution in [1.29, 1.82) is 0 Å². The summed E-state index contributed by atoms with van der Waals surface area (Å²) in [5, 5.41) is 11.6. The van der Waals surface area contributed by atoms with Gasteiger partial charge in [0.25, 0.3) is 5.69 Å². The van der Waals surface area contributed by atoms with Crippen LogP contribution < -0.4 is 5.73 Å². The van der Waals surface area contributed by atoms with Crippen molar-refractivity contribution in [3.05, 3.63) is 70.0 Å². The summed E-state index contributed by atoms with van der Waals surface area (Å²) in [5.41, 5.74) is 5.47. The largest absolute Gasteiger partial charge is 0.454 e. The van der Waals surface area contributed by atoms with Crippen molar-refractivity contribution in [3.8, 4) is 0 Å². The van der Waals surface area contributed by atoms with Crippen LogP contribution >= 0.6 is 0 Å². The molecule has 25 heavy (non-hydrogen) atoms. The van der Waals surface area contributed by atoms with E-state index < -0.39 is 29.0 Å². The lowest BCUT2D eigenvalue weighted by Gasteiger charge is -2.04. The summed E-state index contributed by atoms with van der Waals surface area (Å²) in [7, 11) is 0. The molecule has 0 spiro atoms. The van der Waals surface area contributed by atoms with Gasteiger partial charge in [-0.3, -0.25) is 14.9 Å². The number of benzene rings is 2. The molecule has 2 N–H and O–H groups in total. The molecule has 0 bridgehead atoms. The van der Waals surface area contributed by atoms with E-state index >= 15 is 0 Å². The van der Waals surface area contributed by atoms with Crippen molar-refractivity contribution < 1.29 is 23.7 Å². The predicted molar refractivity (Wildman–Crippen MR) is 88.3 cm³/mol. The Morgan fingerprint density at radius 1 is 1.16 bits per heavy atom. The van der Waals surface area contributed by atoms with Gasteiger partial charge in [0.1, 0.15) is 11.3 Å². The number of nitrogens with zero attached hydrogens (tertiary/aromatic N) is 1. The predicted octanol–water partition coefficient (Wildman–Crippen LogP) is 2.96. The van der Waals surface area contributed by atoms with E-state index in [1.807, 2.05) is 0 Å². The van der Waals surface area contributed by atoms with E-state index in [9.17, 15) is 19.7 Å². The molecule has 3 rings (SSSR count). The molecule has 3 aromatic rings. The van der Waals surface area contributed by atoms with E-state index in [2.05, 4.69) is 0 Å². The lowest BCUT2D eigenvalue weighted by molar-refractivity contribution is -0.383. The molecular weight excluding hydrogens is 328 g/mol. The maximum atomic E-state index is 12.1. The van der Waals surface area contributed by atoms with E-state index in [-0.39, 0.29) is 17.0 Å². The number of anilines is 1. The van der Waals surface area contributed by atoms with Crippen molar-refractivity contribution in [3.63, 3.8) is 0 Å². The first kappa shape index (κ1) is 16.2. The molecule has 0 aliphatic heterocycles. The van der Waals surface area contributed by atoms with Gasteiger partial charge < -0.3 is 14.9 Å². The van der Waals surface area contributed by atoms with Crippen LogP contribution in [0.1, 0.15) is 20.9 Å². The Morgan fingerprint density at radius 3 is 2.64 bits per heavy atom. The molecule has 8 heteroatoms.